The van der Waals surface area contributed by atoms with Gasteiger partial charge in [-0.2, -0.15) is 0 Å². The molecule has 0 amide bonds. The molecule has 0 aliphatic heterocycles. The van der Waals surface area contributed by atoms with Crippen LogP contribution in [0, 0.1) is 0 Å². The van der Waals surface area contributed by atoms with E-state index in [9.17, 15) is 9.59 Å². The lowest BCUT2D eigenvalue weighted by Gasteiger charge is -2.04. The minimum atomic E-state index is -0.589. The Morgan fingerprint density at radius 2 is 1.83 bits per heavy atom. The zero-order valence-corrected chi connectivity index (χ0v) is 16.6. The fourth-order valence-corrected chi connectivity index (χ4v) is 2.79. The number of furan rings is 1. The van der Waals surface area contributed by atoms with Gasteiger partial charge in [-0.05, 0) is 36.8 Å². The molecule has 0 spiro atoms. The normalized spacial score (nSPS) is 10.8. The SMILES string of the molecule is C=CCOc1ccc(C=CC(=O)OCc2c(C(=O)OCC)oc3ccccc23)cc1. The fourth-order valence-electron chi connectivity index (χ4n) is 2.79. The molecule has 3 aromatic rings. The van der Waals surface area contributed by atoms with E-state index in [1.807, 2.05) is 18.2 Å². The molecule has 0 aliphatic carbocycles. The molecule has 0 radical (unpaired) electrons. The van der Waals surface area contributed by atoms with E-state index < -0.39 is 11.9 Å². The maximum atomic E-state index is 12.2. The maximum absolute atomic E-state index is 12.2. The first kappa shape index (κ1) is 20.9. The smallest absolute Gasteiger partial charge is 0.374 e. The second-order valence-corrected chi connectivity index (χ2v) is 6.24. The van der Waals surface area contributed by atoms with Crippen LogP contribution in [0.5, 0.6) is 5.75 Å². The molecule has 3 rings (SSSR count). The number of carbonyl (C=O) groups excluding carboxylic acids is 2. The Morgan fingerprint density at radius 3 is 2.57 bits per heavy atom. The number of para-hydroxylation sites is 1. The summed E-state index contributed by atoms with van der Waals surface area (Å²) in [5.41, 5.74) is 1.83. The number of esters is 2. The molecule has 0 aliphatic rings. The average molecular weight is 406 g/mol. The summed E-state index contributed by atoms with van der Waals surface area (Å²) in [6, 6.07) is 14.4. The third-order valence-electron chi connectivity index (χ3n) is 4.18. The van der Waals surface area contributed by atoms with Crippen LogP contribution in [0.3, 0.4) is 0 Å². The van der Waals surface area contributed by atoms with Gasteiger partial charge in [0.25, 0.3) is 0 Å². The molecule has 0 unspecified atom stereocenters. The van der Waals surface area contributed by atoms with Gasteiger partial charge in [0.05, 0.1) is 12.2 Å². The molecule has 6 heteroatoms. The number of fused-ring (bicyclic) bond motifs is 1. The molecule has 1 heterocycles. The van der Waals surface area contributed by atoms with Crippen LogP contribution in [-0.2, 0) is 20.9 Å². The summed E-state index contributed by atoms with van der Waals surface area (Å²) < 4.78 is 21.4. The van der Waals surface area contributed by atoms with Crippen LogP contribution >= 0.6 is 0 Å². The Hall–Kier alpha value is -3.80. The summed E-state index contributed by atoms with van der Waals surface area (Å²) in [5, 5.41) is 0.701. The molecule has 0 bridgehead atoms. The van der Waals surface area contributed by atoms with E-state index in [2.05, 4.69) is 6.58 Å². The van der Waals surface area contributed by atoms with E-state index in [0.717, 1.165) is 5.56 Å². The van der Waals surface area contributed by atoms with E-state index in [1.54, 1.807) is 49.4 Å². The number of rotatable bonds is 9. The van der Waals surface area contributed by atoms with Crippen molar-refractivity contribution in [3.8, 4) is 5.75 Å². The topological polar surface area (TPSA) is 75.0 Å². The fraction of sp³-hybridized carbons (Fsp3) is 0.167. The van der Waals surface area contributed by atoms with Crippen molar-refractivity contribution in [2.24, 2.45) is 0 Å². The number of hydrogen-bond donors (Lipinski definition) is 0. The van der Waals surface area contributed by atoms with E-state index in [1.165, 1.54) is 6.08 Å². The Morgan fingerprint density at radius 1 is 1.07 bits per heavy atom. The monoisotopic (exact) mass is 406 g/mol. The second-order valence-electron chi connectivity index (χ2n) is 6.24. The van der Waals surface area contributed by atoms with E-state index in [-0.39, 0.29) is 19.0 Å². The molecule has 154 valence electrons. The molecule has 0 saturated heterocycles. The van der Waals surface area contributed by atoms with Crippen molar-refractivity contribution in [3.63, 3.8) is 0 Å². The molecular weight excluding hydrogens is 384 g/mol. The van der Waals surface area contributed by atoms with E-state index in [0.29, 0.717) is 28.9 Å². The van der Waals surface area contributed by atoms with Crippen molar-refractivity contribution >= 4 is 29.0 Å². The summed E-state index contributed by atoms with van der Waals surface area (Å²) in [6.07, 6.45) is 4.63. The van der Waals surface area contributed by atoms with Gasteiger partial charge in [0.2, 0.25) is 5.76 Å². The van der Waals surface area contributed by atoms with Crippen molar-refractivity contribution in [1.82, 2.24) is 0 Å². The Balaban J connectivity index is 1.67. The summed E-state index contributed by atoms with van der Waals surface area (Å²) in [4.78, 5) is 24.4. The van der Waals surface area contributed by atoms with Crippen LogP contribution in [-0.4, -0.2) is 25.2 Å². The van der Waals surface area contributed by atoms with Gasteiger partial charge in [-0.15, -0.1) is 0 Å². The van der Waals surface area contributed by atoms with Gasteiger partial charge in [0, 0.05) is 11.5 Å². The summed E-state index contributed by atoms with van der Waals surface area (Å²) in [5.74, 6) is -0.367. The van der Waals surface area contributed by atoms with Gasteiger partial charge in [0.15, 0.2) is 0 Å². The van der Waals surface area contributed by atoms with Crippen molar-refractivity contribution < 1.29 is 28.2 Å². The molecule has 0 saturated carbocycles. The molecule has 0 atom stereocenters. The van der Waals surface area contributed by atoms with Crippen LogP contribution in [0.15, 0.2) is 71.7 Å². The van der Waals surface area contributed by atoms with Crippen molar-refractivity contribution in [2.45, 2.75) is 13.5 Å². The van der Waals surface area contributed by atoms with Crippen LogP contribution in [0.1, 0.15) is 28.6 Å². The highest BCUT2D eigenvalue weighted by molar-refractivity contribution is 5.96. The highest BCUT2D eigenvalue weighted by Gasteiger charge is 2.22. The Labute approximate surface area is 174 Å². The molecule has 0 fully saturated rings. The first-order valence-corrected chi connectivity index (χ1v) is 9.48. The minimum absolute atomic E-state index is 0.0462. The highest BCUT2D eigenvalue weighted by atomic mass is 16.5. The lowest BCUT2D eigenvalue weighted by atomic mass is 10.1. The number of benzene rings is 2. The van der Waals surface area contributed by atoms with E-state index in [4.69, 9.17) is 18.6 Å². The summed E-state index contributed by atoms with van der Waals surface area (Å²) >= 11 is 0. The molecular formula is C24H22O6. The van der Waals surface area contributed by atoms with Crippen LogP contribution in [0.25, 0.3) is 17.0 Å². The highest BCUT2D eigenvalue weighted by Crippen LogP contribution is 2.27. The second kappa shape index (κ2) is 10.1. The standard InChI is InChI=1S/C24H22O6/c1-3-15-28-18-12-9-17(10-13-18)11-14-22(25)29-16-20-19-7-5-6-8-21(19)30-23(20)24(26)27-4-2/h3,5-14H,1,4,15-16H2,2H3. The molecule has 30 heavy (non-hydrogen) atoms. The first-order chi connectivity index (χ1) is 14.6. The van der Waals surface area contributed by atoms with Gasteiger partial charge < -0.3 is 18.6 Å². The van der Waals surface area contributed by atoms with Gasteiger partial charge >= 0.3 is 11.9 Å². The average Bonchev–Trinajstić information content (AvgIpc) is 3.14. The number of hydrogen-bond acceptors (Lipinski definition) is 6. The third kappa shape index (κ3) is 5.17. The number of carbonyl (C=O) groups is 2. The lowest BCUT2D eigenvalue weighted by molar-refractivity contribution is -0.138. The van der Waals surface area contributed by atoms with Crippen LogP contribution in [0.2, 0.25) is 0 Å². The molecule has 0 N–H and O–H groups in total. The minimum Gasteiger partial charge on any atom is -0.490 e. The van der Waals surface area contributed by atoms with Gasteiger partial charge in [0.1, 0.15) is 24.5 Å². The first-order valence-electron chi connectivity index (χ1n) is 9.48. The largest absolute Gasteiger partial charge is 0.490 e. The molecule has 2 aromatic carbocycles. The third-order valence-corrected chi connectivity index (χ3v) is 4.18. The van der Waals surface area contributed by atoms with Crippen LogP contribution < -0.4 is 4.74 Å². The van der Waals surface area contributed by atoms with Crippen molar-refractivity contribution in [1.29, 1.82) is 0 Å². The van der Waals surface area contributed by atoms with E-state index >= 15 is 0 Å². The van der Waals surface area contributed by atoms with Crippen molar-refractivity contribution in [3.05, 3.63) is 84.1 Å². The zero-order chi connectivity index (χ0) is 21.3. The van der Waals surface area contributed by atoms with Crippen LogP contribution in [0.4, 0.5) is 0 Å². The maximum Gasteiger partial charge on any atom is 0.374 e. The van der Waals surface area contributed by atoms with Gasteiger partial charge in [-0.25, -0.2) is 9.59 Å². The summed E-state index contributed by atoms with van der Waals surface area (Å²) in [6.45, 7) is 5.85. The van der Waals surface area contributed by atoms with Gasteiger partial charge in [-0.3, -0.25) is 0 Å². The van der Waals surface area contributed by atoms with Gasteiger partial charge in [-0.1, -0.05) is 43.0 Å². The quantitative estimate of drug-likeness (QED) is 0.285. The number of ether oxygens (including phenoxy) is 3. The Bertz CT molecular complexity index is 1060. The summed E-state index contributed by atoms with van der Waals surface area (Å²) in [7, 11) is 0. The zero-order valence-electron chi connectivity index (χ0n) is 16.6. The molecule has 1 aromatic heterocycles. The Kier molecular flexibility index (Phi) is 7.05. The predicted molar refractivity (Wildman–Crippen MR) is 113 cm³/mol. The molecule has 6 nitrogen and oxygen atoms in total. The predicted octanol–water partition coefficient (Wildman–Crippen LogP) is 4.93. The van der Waals surface area contributed by atoms with Crippen molar-refractivity contribution in [2.75, 3.05) is 13.2 Å². The lowest BCUT2D eigenvalue weighted by Crippen LogP contribution is -2.08.